The molecule has 20 heavy (non-hydrogen) atoms. The van der Waals surface area contributed by atoms with Crippen molar-refractivity contribution >= 4 is 0 Å². The molecule has 106 valence electrons. The number of rotatable bonds is 2. The Morgan fingerprint density at radius 2 is 1.30 bits per heavy atom. The van der Waals surface area contributed by atoms with Crippen LogP contribution in [0.5, 0.6) is 0 Å². The van der Waals surface area contributed by atoms with Crippen molar-refractivity contribution < 1.29 is 31.4 Å². The van der Waals surface area contributed by atoms with Gasteiger partial charge in [-0.3, -0.25) is 0 Å². The summed E-state index contributed by atoms with van der Waals surface area (Å²) in [6.07, 6.45) is 0. The molecule has 2 rings (SSSR count). The Bertz CT molecular complexity index is 659. The SMILES string of the molecule is OCc1cc(F)nc(-c2c(F)c(F)c(F)c(F)c2F)c1. The van der Waals surface area contributed by atoms with Gasteiger partial charge in [0, 0.05) is 0 Å². The fourth-order valence-corrected chi connectivity index (χ4v) is 1.60. The summed E-state index contributed by atoms with van der Waals surface area (Å²) >= 11 is 0. The fourth-order valence-electron chi connectivity index (χ4n) is 1.60. The van der Waals surface area contributed by atoms with E-state index in [-0.39, 0.29) is 5.56 Å². The molecule has 8 heteroatoms. The molecule has 0 radical (unpaired) electrons. The Labute approximate surface area is 108 Å². The molecule has 0 atom stereocenters. The van der Waals surface area contributed by atoms with Crippen LogP contribution in [0.3, 0.4) is 0 Å². The maximum absolute atomic E-state index is 13.5. The third-order valence-electron chi connectivity index (χ3n) is 2.50. The minimum atomic E-state index is -2.32. The van der Waals surface area contributed by atoms with Gasteiger partial charge in [0.15, 0.2) is 23.3 Å². The van der Waals surface area contributed by atoms with Gasteiger partial charge in [-0.2, -0.15) is 4.39 Å². The molecule has 0 saturated heterocycles. The lowest BCUT2D eigenvalue weighted by molar-refractivity contribution is 0.281. The molecular formula is C12H5F6NO. The van der Waals surface area contributed by atoms with Crippen LogP contribution in [-0.2, 0) is 6.61 Å². The highest BCUT2D eigenvalue weighted by molar-refractivity contribution is 5.62. The van der Waals surface area contributed by atoms with Gasteiger partial charge >= 0.3 is 0 Å². The smallest absolute Gasteiger partial charge is 0.213 e. The number of aliphatic hydroxyl groups excluding tert-OH is 1. The van der Waals surface area contributed by atoms with E-state index in [2.05, 4.69) is 4.98 Å². The first-order valence-corrected chi connectivity index (χ1v) is 5.16. The van der Waals surface area contributed by atoms with Crippen LogP contribution < -0.4 is 0 Å². The van der Waals surface area contributed by atoms with E-state index in [1.165, 1.54) is 0 Å². The molecule has 1 aromatic heterocycles. The molecule has 1 N–H and O–H groups in total. The lowest BCUT2D eigenvalue weighted by Crippen LogP contribution is -2.06. The molecule has 2 nitrogen and oxygen atoms in total. The van der Waals surface area contributed by atoms with Gasteiger partial charge in [-0.05, 0) is 17.7 Å². The Morgan fingerprint density at radius 3 is 1.80 bits per heavy atom. The van der Waals surface area contributed by atoms with Crippen LogP contribution >= 0.6 is 0 Å². The molecule has 0 amide bonds. The summed E-state index contributed by atoms with van der Waals surface area (Å²) in [5.74, 6) is -12.1. The summed E-state index contributed by atoms with van der Waals surface area (Å²) in [5.41, 5.74) is -2.28. The van der Waals surface area contributed by atoms with Crippen LogP contribution in [0.4, 0.5) is 26.3 Å². The molecule has 1 heterocycles. The highest BCUT2D eigenvalue weighted by Crippen LogP contribution is 2.30. The largest absolute Gasteiger partial charge is 0.392 e. The average molecular weight is 293 g/mol. The van der Waals surface area contributed by atoms with E-state index in [0.717, 1.165) is 12.1 Å². The van der Waals surface area contributed by atoms with Crippen molar-refractivity contribution in [3.05, 3.63) is 52.7 Å². The summed E-state index contributed by atoms with van der Waals surface area (Å²) in [4.78, 5) is 3.07. The van der Waals surface area contributed by atoms with Crippen LogP contribution in [0.15, 0.2) is 12.1 Å². The molecule has 0 unspecified atom stereocenters. The van der Waals surface area contributed by atoms with Crippen LogP contribution in [0, 0.1) is 35.0 Å². The third kappa shape index (κ3) is 2.22. The number of aliphatic hydroxyl groups is 1. The summed E-state index contributed by atoms with van der Waals surface area (Å²) < 4.78 is 79.1. The molecule has 0 aliphatic carbocycles. The zero-order valence-electron chi connectivity index (χ0n) is 9.52. The van der Waals surface area contributed by atoms with E-state index in [1.807, 2.05) is 0 Å². The van der Waals surface area contributed by atoms with Crippen molar-refractivity contribution in [1.82, 2.24) is 4.98 Å². The minimum Gasteiger partial charge on any atom is -0.392 e. The van der Waals surface area contributed by atoms with E-state index in [4.69, 9.17) is 5.11 Å². The summed E-state index contributed by atoms with van der Waals surface area (Å²) in [6, 6.07) is 1.58. The number of hydrogen-bond acceptors (Lipinski definition) is 2. The van der Waals surface area contributed by atoms with E-state index < -0.39 is 52.9 Å². The highest BCUT2D eigenvalue weighted by atomic mass is 19.2. The second-order valence-electron chi connectivity index (χ2n) is 3.79. The Kier molecular flexibility index (Phi) is 3.67. The van der Waals surface area contributed by atoms with Crippen molar-refractivity contribution in [1.29, 1.82) is 0 Å². The van der Waals surface area contributed by atoms with Crippen molar-refractivity contribution in [2.75, 3.05) is 0 Å². The molecule has 2 aromatic rings. The number of benzene rings is 1. The third-order valence-corrected chi connectivity index (χ3v) is 2.50. The monoisotopic (exact) mass is 293 g/mol. The van der Waals surface area contributed by atoms with Gasteiger partial charge in [0.05, 0.1) is 17.9 Å². The number of aromatic nitrogens is 1. The quantitative estimate of drug-likeness (QED) is 0.399. The molecule has 0 spiro atoms. The lowest BCUT2D eigenvalue weighted by Gasteiger charge is -2.08. The van der Waals surface area contributed by atoms with Gasteiger partial charge in [-0.25, -0.2) is 26.9 Å². The summed E-state index contributed by atoms with van der Waals surface area (Å²) in [7, 11) is 0. The van der Waals surface area contributed by atoms with Crippen molar-refractivity contribution in [3.63, 3.8) is 0 Å². The summed E-state index contributed by atoms with van der Waals surface area (Å²) in [5, 5.41) is 8.84. The highest BCUT2D eigenvalue weighted by Gasteiger charge is 2.27. The first-order chi connectivity index (χ1) is 9.36. The first-order valence-electron chi connectivity index (χ1n) is 5.16. The number of halogens is 6. The van der Waals surface area contributed by atoms with Gasteiger partial charge < -0.3 is 5.11 Å². The van der Waals surface area contributed by atoms with Gasteiger partial charge in [0.1, 0.15) is 0 Å². The number of hydrogen-bond donors (Lipinski definition) is 1. The van der Waals surface area contributed by atoms with E-state index in [0.29, 0.717) is 0 Å². The minimum absolute atomic E-state index is 0.128. The molecule has 0 bridgehead atoms. The Hall–Kier alpha value is -2.09. The summed E-state index contributed by atoms with van der Waals surface area (Å²) in [6.45, 7) is -0.693. The molecule has 1 aromatic carbocycles. The normalized spacial score (nSPS) is 10.9. The predicted octanol–water partition coefficient (Wildman–Crippen LogP) is 3.08. The van der Waals surface area contributed by atoms with Crippen LogP contribution in [0.2, 0.25) is 0 Å². The van der Waals surface area contributed by atoms with Crippen LogP contribution in [0.25, 0.3) is 11.3 Å². The predicted molar refractivity (Wildman–Crippen MR) is 55.3 cm³/mol. The van der Waals surface area contributed by atoms with Gasteiger partial charge in [-0.1, -0.05) is 0 Å². The maximum Gasteiger partial charge on any atom is 0.213 e. The standard InChI is InChI=1S/C12H5F6NO/c13-6-2-4(3-20)1-5(19-6)7-8(14)10(16)12(18)11(17)9(7)15/h1-2,20H,3H2. The van der Waals surface area contributed by atoms with Crippen molar-refractivity contribution in [3.8, 4) is 11.3 Å². The first kappa shape index (κ1) is 14.3. The van der Waals surface area contributed by atoms with E-state index in [9.17, 15) is 26.3 Å². The molecule has 0 aliphatic rings. The molecule has 0 saturated carbocycles. The fraction of sp³-hybridized carbons (Fsp3) is 0.0833. The van der Waals surface area contributed by atoms with Crippen molar-refractivity contribution in [2.45, 2.75) is 6.61 Å². The molecule has 0 aliphatic heterocycles. The Morgan fingerprint density at radius 1 is 0.800 bits per heavy atom. The maximum atomic E-state index is 13.5. The second kappa shape index (κ2) is 5.12. The lowest BCUT2D eigenvalue weighted by atomic mass is 10.1. The molecular weight excluding hydrogens is 288 g/mol. The second-order valence-corrected chi connectivity index (χ2v) is 3.79. The number of pyridine rings is 1. The van der Waals surface area contributed by atoms with Crippen molar-refractivity contribution in [2.24, 2.45) is 0 Å². The van der Waals surface area contributed by atoms with Gasteiger partial charge in [-0.15, -0.1) is 0 Å². The zero-order chi connectivity index (χ0) is 15.0. The topological polar surface area (TPSA) is 33.1 Å². The Balaban J connectivity index is 2.79. The van der Waals surface area contributed by atoms with Crippen LogP contribution in [0.1, 0.15) is 5.56 Å². The van der Waals surface area contributed by atoms with Gasteiger partial charge in [0.25, 0.3) is 0 Å². The van der Waals surface area contributed by atoms with Crippen LogP contribution in [-0.4, -0.2) is 10.1 Å². The van der Waals surface area contributed by atoms with E-state index >= 15 is 0 Å². The number of nitrogens with zero attached hydrogens (tertiary/aromatic N) is 1. The average Bonchev–Trinajstić information content (AvgIpc) is 2.42. The zero-order valence-corrected chi connectivity index (χ0v) is 9.52. The van der Waals surface area contributed by atoms with Gasteiger partial charge in [0.2, 0.25) is 11.8 Å². The molecule has 0 fully saturated rings. The van der Waals surface area contributed by atoms with E-state index in [1.54, 1.807) is 0 Å².